The van der Waals surface area contributed by atoms with Crippen LogP contribution < -0.4 is 0 Å². The van der Waals surface area contributed by atoms with Gasteiger partial charge in [0.25, 0.3) is 5.91 Å². The lowest BCUT2D eigenvalue weighted by atomic mass is 9.90. The number of imidazole rings is 1. The van der Waals surface area contributed by atoms with Crippen molar-refractivity contribution < 1.29 is 14.4 Å². The van der Waals surface area contributed by atoms with Gasteiger partial charge in [0.15, 0.2) is 0 Å². The Labute approximate surface area is 147 Å². The molecule has 0 spiro atoms. The van der Waals surface area contributed by atoms with Gasteiger partial charge in [0, 0.05) is 38.6 Å². The smallest absolute Gasteiger partial charge is 0.292 e. The molecule has 1 aliphatic rings. The second kappa shape index (κ2) is 7.39. The van der Waals surface area contributed by atoms with Crippen LogP contribution in [0.2, 0.25) is 0 Å². The SMILES string of the molecule is CC(C)Cc1cc(C(=O)N2CCC([C@H](O)c3nccn3C)CC2)on1. The average molecular weight is 346 g/mol. The number of nitrogens with zero attached hydrogens (tertiary/aromatic N) is 4. The zero-order valence-electron chi connectivity index (χ0n) is 15.1. The highest BCUT2D eigenvalue weighted by Crippen LogP contribution is 2.30. The van der Waals surface area contributed by atoms with Crippen LogP contribution in [0.5, 0.6) is 0 Å². The number of aryl methyl sites for hydroxylation is 1. The number of likely N-dealkylation sites (tertiary alicyclic amines) is 1. The normalized spacial score (nSPS) is 17.2. The van der Waals surface area contributed by atoms with E-state index < -0.39 is 6.10 Å². The van der Waals surface area contributed by atoms with Crippen LogP contribution in [0.3, 0.4) is 0 Å². The third kappa shape index (κ3) is 3.92. The Balaban J connectivity index is 1.57. The summed E-state index contributed by atoms with van der Waals surface area (Å²) in [6, 6.07) is 1.75. The Morgan fingerprint density at radius 1 is 1.40 bits per heavy atom. The highest BCUT2D eigenvalue weighted by molar-refractivity contribution is 5.91. The molecule has 0 aliphatic carbocycles. The van der Waals surface area contributed by atoms with Crippen molar-refractivity contribution in [1.82, 2.24) is 19.6 Å². The van der Waals surface area contributed by atoms with E-state index in [0.29, 0.717) is 30.6 Å². The Kier molecular flexibility index (Phi) is 5.22. The molecule has 2 aromatic rings. The first-order valence-electron chi connectivity index (χ1n) is 8.86. The summed E-state index contributed by atoms with van der Waals surface area (Å²) in [4.78, 5) is 18.6. The number of carbonyl (C=O) groups excluding carboxylic acids is 1. The van der Waals surface area contributed by atoms with Crippen LogP contribution in [0.25, 0.3) is 0 Å². The zero-order valence-corrected chi connectivity index (χ0v) is 15.1. The van der Waals surface area contributed by atoms with Gasteiger partial charge >= 0.3 is 0 Å². The number of aromatic nitrogens is 3. The molecule has 1 aliphatic heterocycles. The third-order valence-corrected chi connectivity index (χ3v) is 4.78. The second-order valence-electron chi connectivity index (χ2n) is 7.25. The Bertz CT molecular complexity index is 713. The van der Waals surface area contributed by atoms with Gasteiger partial charge in [0.05, 0.1) is 5.69 Å². The van der Waals surface area contributed by atoms with Crippen molar-refractivity contribution in [3.05, 3.63) is 35.7 Å². The Hall–Kier alpha value is -2.15. The highest BCUT2D eigenvalue weighted by atomic mass is 16.5. The van der Waals surface area contributed by atoms with E-state index in [0.717, 1.165) is 25.0 Å². The van der Waals surface area contributed by atoms with Crippen LogP contribution in [0.15, 0.2) is 23.0 Å². The van der Waals surface area contributed by atoms with Gasteiger partial charge in [-0.3, -0.25) is 4.79 Å². The van der Waals surface area contributed by atoms with Gasteiger partial charge in [-0.2, -0.15) is 0 Å². The van der Waals surface area contributed by atoms with Crippen molar-refractivity contribution in [3.8, 4) is 0 Å². The van der Waals surface area contributed by atoms with Gasteiger partial charge in [-0.25, -0.2) is 4.98 Å². The van der Waals surface area contributed by atoms with Crippen LogP contribution >= 0.6 is 0 Å². The van der Waals surface area contributed by atoms with Crippen molar-refractivity contribution in [3.63, 3.8) is 0 Å². The minimum absolute atomic E-state index is 0.108. The van der Waals surface area contributed by atoms with Gasteiger partial charge < -0.3 is 19.1 Å². The lowest BCUT2D eigenvalue weighted by Crippen LogP contribution is -2.39. The van der Waals surface area contributed by atoms with Gasteiger partial charge in [-0.05, 0) is 31.1 Å². The summed E-state index contributed by atoms with van der Waals surface area (Å²) in [7, 11) is 1.88. The summed E-state index contributed by atoms with van der Waals surface area (Å²) in [5.41, 5.74) is 0.818. The van der Waals surface area contributed by atoms with E-state index in [4.69, 9.17) is 4.52 Å². The van der Waals surface area contributed by atoms with Crippen LogP contribution in [0.4, 0.5) is 0 Å². The molecule has 7 nitrogen and oxygen atoms in total. The van der Waals surface area contributed by atoms with E-state index in [1.54, 1.807) is 17.2 Å². The molecule has 2 aromatic heterocycles. The molecule has 1 fully saturated rings. The fraction of sp³-hybridized carbons (Fsp3) is 0.611. The molecule has 7 heteroatoms. The molecule has 0 bridgehead atoms. The van der Waals surface area contributed by atoms with Gasteiger partial charge in [-0.15, -0.1) is 0 Å². The van der Waals surface area contributed by atoms with Crippen molar-refractivity contribution in [2.24, 2.45) is 18.9 Å². The first kappa shape index (κ1) is 17.7. The van der Waals surface area contributed by atoms with Crippen LogP contribution in [-0.2, 0) is 13.5 Å². The number of amides is 1. The van der Waals surface area contributed by atoms with Gasteiger partial charge in [0.2, 0.25) is 5.76 Å². The average Bonchev–Trinajstić information content (AvgIpc) is 3.22. The van der Waals surface area contributed by atoms with E-state index in [1.165, 1.54) is 0 Å². The van der Waals surface area contributed by atoms with Gasteiger partial charge in [-0.1, -0.05) is 19.0 Å². The standard InChI is InChI=1S/C18H26N4O3/c1-12(2)10-14-11-15(25-20-14)18(24)22-7-4-13(5-8-22)16(23)17-19-6-9-21(17)3/h6,9,11-13,16,23H,4-5,7-8,10H2,1-3H3/t16-/m0/s1. The lowest BCUT2D eigenvalue weighted by molar-refractivity contribution is 0.0398. The molecule has 25 heavy (non-hydrogen) atoms. The summed E-state index contributed by atoms with van der Waals surface area (Å²) in [6.45, 7) is 5.41. The lowest BCUT2D eigenvalue weighted by Gasteiger charge is -2.33. The van der Waals surface area contributed by atoms with Crippen LogP contribution in [-0.4, -0.2) is 43.7 Å². The Morgan fingerprint density at radius 2 is 2.12 bits per heavy atom. The molecule has 0 aromatic carbocycles. The van der Waals surface area contributed by atoms with Crippen molar-refractivity contribution in [2.75, 3.05) is 13.1 Å². The highest BCUT2D eigenvalue weighted by Gasteiger charge is 2.31. The number of aliphatic hydroxyl groups excluding tert-OH is 1. The quantitative estimate of drug-likeness (QED) is 0.897. The van der Waals surface area contributed by atoms with Gasteiger partial charge in [0.1, 0.15) is 11.9 Å². The molecule has 0 saturated carbocycles. The molecule has 136 valence electrons. The number of piperidine rings is 1. The van der Waals surface area contributed by atoms with E-state index in [2.05, 4.69) is 24.0 Å². The third-order valence-electron chi connectivity index (χ3n) is 4.78. The van der Waals surface area contributed by atoms with Crippen molar-refractivity contribution in [2.45, 2.75) is 39.2 Å². The summed E-state index contributed by atoms with van der Waals surface area (Å²) in [6.07, 6.45) is 5.21. The minimum atomic E-state index is -0.597. The molecule has 1 saturated heterocycles. The number of carbonyl (C=O) groups is 1. The van der Waals surface area contributed by atoms with E-state index in [-0.39, 0.29) is 11.8 Å². The number of rotatable bonds is 5. The molecule has 3 rings (SSSR count). The molecule has 1 atom stereocenters. The number of hydrogen-bond donors (Lipinski definition) is 1. The molecule has 1 N–H and O–H groups in total. The molecule has 1 amide bonds. The molecule has 0 radical (unpaired) electrons. The fourth-order valence-electron chi connectivity index (χ4n) is 3.37. The second-order valence-corrected chi connectivity index (χ2v) is 7.25. The first-order valence-corrected chi connectivity index (χ1v) is 8.86. The maximum absolute atomic E-state index is 12.6. The topological polar surface area (TPSA) is 84.4 Å². The maximum Gasteiger partial charge on any atom is 0.292 e. The van der Waals surface area contributed by atoms with E-state index in [9.17, 15) is 9.90 Å². The maximum atomic E-state index is 12.6. The minimum Gasteiger partial charge on any atom is -0.385 e. The number of hydrogen-bond acceptors (Lipinski definition) is 5. The summed E-state index contributed by atoms with van der Waals surface area (Å²) >= 11 is 0. The van der Waals surface area contributed by atoms with Crippen molar-refractivity contribution in [1.29, 1.82) is 0 Å². The van der Waals surface area contributed by atoms with E-state index in [1.807, 2.05) is 17.8 Å². The predicted octanol–water partition coefficient (Wildman–Crippen LogP) is 2.19. The van der Waals surface area contributed by atoms with Crippen LogP contribution in [0, 0.1) is 11.8 Å². The molecule has 0 unspecified atom stereocenters. The molecular weight excluding hydrogens is 320 g/mol. The van der Waals surface area contributed by atoms with E-state index >= 15 is 0 Å². The summed E-state index contributed by atoms with van der Waals surface area (Å²) in [5.74, 6) is 1.44. The van der Waals surface area contributed by atoms with Crippen LogP contribution in [0.1, 0.15) is 54.9 Å². The molecule has 3 heterocycles. The molecular formula is C18H26N4O3. The fourth-order valence-corrected chi connectivity index (χ4v) is 3.37. The zero-order chi connectivity index (χ0) is 18.0. The summed E-state index contributed by atoms with van der Waals surface area (Å²) in [5, 5.41) is 14.5. The van der Waals surface area contributed by atoms with Crippen molar-refractivity contribution >= 4 is 5.91 Å². The first-order chi connectivity index (χ1) is 12.0. The Morgan fingerprint density at radius 3 is 2.72 bits per heavy atom. The number of aliphatic hydroxyl groups is 1. The largest absolute Gasteiger partial charge is 0.385 e. The monoisotopic (exact) mass is 346 g/mol. The predicted molar refractivity (Wildman–Crippen MR) is 91.8 cm³/mol. The summed E-state index contributed by atoms with van der Waals surface area (Å²) < 4.78 is 7.07.